The smallest absolute Gasteiger partial charge is 0.244 e. The van der Waals surface area contributed by atoms with E-state index in [9.17, 15) is 18.0 Å². The van der Waals surface area contributed by atoms with Gasteiger partial charge in [-0.2, -0.15) is 0 Å². The summed E-state index contributed by atoms with van der Waals surface area (Å²) in [7, 11) is -2.43. The van der Waals surface area contributed by atoms with Gasteiger partial charge in [-0.1, -0.05) is 86.1 Å². The molecule has 3 aromatic rings. The van der Waals surface area contributed by atoms with E-state index in [1.807, 2.05) is 67.6 Å². The zero-order valence-electron chi connectivity index (χ0n) is 22.7. The fraction of sp³-hybridized carbons (Fsp3) is 0.333. The van der Waals surface area contributed by atoms with Crippen molar-refractivity contribution in [3.63, 3.8) is 0 Å². The lowest BCUT2D eigenvalue weighted by atomic mass is 10.0. The zero-order valence-corrected chi connectivity index (χ0v) is 23.6. The van der Waals surface area contributed by atoms with Crippen molar-refractivity contribution in [2.75, 3.05) is 30.8 Å². The average molecular weight is 552 g/mol. The van der Waals surface area contributed by atoms with Crippen LogP contribution in [0.4, 0.5) is 5.69 Å². The number of benzene rings is 3. The van der Waals surface area contributed by atoms with E-state index < -0.39 is 28.5 Å². The van der Waals surface area contributed by atoms with Gasteiger partial charge in [-0.15, -0.1) is 0 Å². The van der Waals surface area contributed by atoms with E-state index >= 15 is 0 Å². The van der Waals surface area contributed by atoms with Crippen LogP contribution < -0.4 is 14.4 Å². The van der Waals surface area contributed by atoms with Gasteiger partial charge in [-0.3, -0.25) is 13.9 Å². The summed E-state index contributed by atoms with van der Waals surface area (Å²) >= 11 is 0. The molecule has 0 saturated carbocycles. The Bertz CT molecular complexity index is 1320. The van der Waals surface area contributed by atoms with Crippen LogP contribution in [0.1, 0.15) is 30.9 Å². The number of nitrogens with one attached hydrogen (secondary N) is 1. The molecule has 0 saturated heterocycles. The summed E-state index contributed by atoms with van der Waals surface area (Å²) in [6, 6.07) is 24.6. The number of sulfonamides is 1. The van der Waals surface area contributed by atoms with Gasteiger partial charge in [0.25, 0.3) is 0 Å². The molecule has 1 N–H and O–H groups in total. The number of anilines is 1. The van der Waals surface area contributed by atoms with Gasteiger partial charge in [0, 0.05) is 19.5 Å². The Morgan fingerprint density at radius 1 is 0.897 bits per heavy atom. The Labute approximate surface area is 231 Å². The normalized spacial score (nSPS) is 11.9. The second kappa shape index (κ2) is 14.3. The number of amides is 2. The third-order valence-corrected chi connectivity index (χ3v) is 7.46. The van der Waals surface area contributed by atoms with Crippen molar-refractivity contribution in [2.45, 2.75) is 38.8 Å². The van der Waals surface area contributed by atoms with Crippen molar-refractivity contribution in [1.29, 1.82) is 0 Å². The summed E-state index contributed by atoms with van der Waals surface area (Å²) in [5, 5.41) is 2.97. The average Bonchev–Trinajstić information content (AvgIpc) is 2.94. The molecule has 1 atom stereocenters. The van der Waals surface area contributed by atoms with E-state index in [0.717, 1.165) is 34.5 Å². The maximum Gasteiger partial charge on any atom is 0.244 e. The second-order valence-corrected chi connectivity index (χ2v) is 11.2. The molecule has 0 spiro atoms. The van der Waals surface area contributed by atoms with E-state index in [0.29, 0.717) is 12.3 Å². The zero-order chi connectivity index (χ0) is 28.3. The topological polar surface area (TPSA) is 96.0 Å². The van der Waals surface area contributed by atoms with Crippen LogP contribution in [0.25, 0.3) is 0 Å². The molecular formula is C30H37N3O5S. The van der Waals surface area contributed by atoms with Crippen LogP contribution in [0.5, 0.6) is 5.75 Å². The molecule has 0 fully saturated rings. The Morgan fingerprint density at radius 3 is 2.08 bits per heavy atom. The van der Waals surface area contributed by atoms with E-state index in [4.69, 9.17) is 4.74 Å². The summed E-state index contributed by atoms with van der Waals surface area (Å²) in [5.74, 6) is -0.454. The minimum Gasteiger partial charge on any atom is -0.495 e. The van der Waals surface area contributed by atoms with E-state index in [2.05, 4.69) is 5.32 Å². The first-order valence-corrected chi connectivity index (χ1v) is 14.8. The minimum absolute atomic E-state index is 0.141. The monoisotopic (exact) mass is 551 g/mol. The summed E-state index contributed by atoms with van der Waals surface area (Å²) in [4.78, 5) is 29.1. The van der Waals surface area contributed by atoms with Crippen molar-refractivity contribution in [3.8, 4) is 5.75 Å². The molecule has 0 aromatic heterocycles. The summed E-state index contributed by atoms with van der Waals surface area (Å²) in [6.07, 6.45) is 3.06. The molecule has 0 radical (unpaired) electrons. The molecule has 0 bridgehead atoms. The molecule has 9 heteroatoms. The van der Waals surface area contributed by atoms with Crippen molar-refractivity contribution in [3.05, 3.63) is 96.1 Å². The number of unbranched alkanes of at least 4 members (excludes halogenated alkanes) is 1. The van der Waals surface area contributed by atoms with E-state index in [1.165, 1.54) is 12.0 Å². The number of carbonyl (C=O) groups excluding carboxylic acids is 2. The van der Waals surface area contributed by atoms with Crippen LogP contribution >= 0.6 is 0 Å². The Hall–Kier alpha value is -3.85. The fourth-order valence-corrected chi connectivity index (χ4v) is 5.12. The first kappa shape index (κ1) is 29.7. The van der Waals surface area contributed by atoms with Gasteiger partial charge in [-0.25, -0.2) is 8.42 Å². The molecular weight excluding hydrogens is 514 g/mol. The van der Waals surface area contributed by atoms with E-state index in [-0.39, 0.29) is 24.6 Å². The largest absolute Gasteiger partial charge is 0.495 e. The molecule has 8 nitrogen and oxygen atoms in total. The predicted molar refractivity (Wildman–Crippen MR) is 154 cm³/mol. The molecule has 3 rings (SSSR count). The first-order chi connectivity index (χ1) is 18.7. The third kappa shape index (κ3) is 8.58. The van der Waals surface area contributed by atoms with Gasteiger partial charge in [-0.05, 0) is 29.7 Å². The van der Waals surface area contributed by atoms with Gasteiger partial charge in [0.15, 0.2) is 0 Å². The lowest BCUT2D eigenvalue weighted by molar-refractivity contribution is -0.140. The number of nitrogens with zero attached hydrogens (tertiary/aromatic N) is 2. The number of methoxy groups -OCH3 is 1. The highest BCUT2D eigenvalue weighted by Gasteiger charge is 2.33. The first-order valence-electron chi connectivity index (χ1n) is 13.0. The number of para-hydroxylation sites is 2. The summed E-state index contributed by atoms with van der Waals surface area (Å²) in [5.41, 5.74) is 1.97. The quantitative estimate of drug-likeness (QED) is 0.306. The molecule has 2 amide bonds. The van der Waals surface area contributed by atoms with Crippen molar-refractivity contribution in [1.82, 2.24) is 10.2 Å². The van der Waals surface area contributed by atoms with Gasteiger partial charge in [0.2, 0.25) is 21.8 Å². The molecule has 39 heavy (non-hydrogen) atoms. The fourth-order valence-electron chi connectivity index (χ4n) is 4.27. The van der Waals surface area contributed by atoms with Crippen LogP contribution in [-0.2, 0) is 32.6 Å². The highest BCUT2D eigenvalue weighted by atomic mass is 32.2. The second-order valence-electron chi connectivity index (χ2n) is 9.30. The molecule has 0 aliphatic heterocycles. The van der Waals surface area contributed by atoms with Gasteiger partial charge >= 0.3 is 0 Å². The molecule has 0 unspecified atom stereocenters. The number of ether oxygens (including phenoxy) is 1. The maximum absolute atomic E-state index is 14.0. The van der Waals surface area contributed by atoms with Crippen LogP contribution in [0.3, 0.4) is 0 Å². The maximum atomic E-state index is 14.0. The minimum atomic E-state index is -3.87. The highest BCUT2D eigenvalue weighted by Crippen LogP contribution is 2.29. The Balaban J connectivity index is 2.03. The third-order valence-electron chi connectivity index (χ3n) is 6.33. The van der Waals surface area contributed by atoms with Crippen LogP contribution in [-0.4, -0.2) is 57.6 Å². The molecule has 0 aliphatic rings. The highest BCUT2D eigenvalue weighted by molar-refractivity contribution is 7.92. The number of carbonyl (C=O) groups is 2. The molecule has 0 heterocycles. The summed E-state index contributed by atoms with van der Waals surface area (Å²) in [6.45, 7) is 2.18. The summed E-state index contributed by atoms with van der Waals surface area (Å²) < 4.78 is 32.2. The lowest BCUT2D eigenvalue weighted by Crippen LogP contribution is -2.53. The van der Waals surface area contributed by atoms with E-state index in [1.54, 1.807) is 24.3 Å². The lowest BCUT2D eigenvalue weighted by Gasteiger charge is -2.33. The predicted octanol–water partition coefficient (Wildman–Crippen LogP) is 4.02. The SMILES string of the molecule is CCCCNC(=O)[C@@H](Cc1ccccc1)N(Cc1ccccc1)C(=O)CN(c1ccccc1OC)S(C)(=O)=O. The Morgan fingerprint density at radius 2 is 1.49 bits per heavy atom. The number of hydrogen-bond acceptors (Lipinski definition) is 5. The number of rotatable bonds is 14. The molecule has 3 aromatic carbocycles. The van der Waals surface area contributed by atoms with Crippen LogP contribution in [0, 0.1) is 0 Å². The van der Waals surface area contributed by atoms with Crippen molar-refractivity contribution < 1.29 is 22.7 Å². The Kier molecular flexibility index (Phi) is 10.9. The number of hydrogen-bond donors (Lipinski definition) is 1. The van der Waals surface area contributed by atoms with Gasteiger partial charge in [0.1, 0.15) is 18.3 Å². The molecule has 208 valence electrons. The standard InChI is InChI=1S/C30H37N3O5S/c1-4-5-20-31-30(35)27(21-24-14-8-6-9-15-24)32(22-25-16-10-7-11-17-25)29(34)23-33(39(3,36)37)26-18-12-13-19-28(26)38-2/h6-19,27H,4-5,20-23H2,1-3H3,(H,31,35)/t27-/m1/s1. The van der Waals surface area contributed by atoms with Gasteiger partial charge in [0.05, 0.1) is 19.1 Å². The van der Waals surface area contributed by atoms with Crippen molar-refractivity contribution in [2.24, 2.45) is 0 Å². The van der Waals surface area contributed by atoms with Gasteiger partial charge < -0.3 is 15.0 Å². The van der Waals surface area contributed by atoms with Crippen molar-refractivity contribution >= 4 is 27.5 Å². The van der Waals surface area contributed by atoms with Crippen LogP contribution in [0.2, 0.25) is 0 Å². The molecule has 0 aliphatic carbocycles. The van der Waals surface area contributed by atoms with Crippen LogP contribution in [0.15, 0.2) is 84.9 Å².